The molecule has 184 valence electrons. The molecule has 3 aliphatic rings. The first-order valence-electron chi connectivity index (χ1n) is 11.9. The van der Waals surface area contributed by atoms with Gasteiger partial charge >= 0.3 is 0 Å². The van der Waals surface area contributed by atoms with E-state index in [-0.39, 0.29) is 12.6 Å². The smallest absolute Gasteiger partial charge is 0.247 e. The van der Waals surface area contributed by atoms with Gasteiger partial charge in [0.1, 0.15) is 6.67 Å². The van der Waals surface area contributed by atoms with Crippen LogP contribution in [0.4, 0.5) is 21.5 Å². The van der Waals surface area contributed by atoms with E-state index in [1.807, 2.05) is 60.0 Å². The van der Waals surface area contributed by atoms with Crippen LogP contribution in [0.1, 0.15) is 12.1 Å². The number of anilines is 3. The van der Waals surface area contributed by atoms with Crippen molar-refractivity contribution < 1.29 is 9.18 Å². The molecule has 0 unspecified atom stereocenters. The van der Waals surface area contributed by atoms with E-state index in [2.05, 4.69) is 37.5 Å². The Hall–Kier alpha value is -4.24. The largest absolute Gasteiger partial charge is 0.380 e. The predicted molar refractivity (Wildman–Crippen MR) is 142 cm³/mol. The summed E-state index contributed by atoms with van der Waals surface area (Å²) >= 11 is 0. The lowest BCUT2D eigenvalue weighted by atomic mass is 9.98. The minimum absolute atomic E-state index is 0.281. The average Bonchev–Trinajstić information content (AvgIpc) is 2.88. The molecule has 0 atom stereocenters. The fourth-order valence-corrected chi connectivity index (χ4v) is 4.29. The molecule has 3 aliphatic heterocycles. The molecule has 4 heterocycles. The van der Waals surface area contributed by atoms with Crippen LogP contribution in [0.25, 0.3) is 5.70 Å². The molecule has 0 radical (unpaired) electrons. The van der Waals surface area contributed by atoms with Crippen molar-refractivity contribution >= 4 is 34.9 Å². The van der Waals surface area contributed by atoms with Gasteiger partial charge in [-0.15, -0.1) is 0 Å². The number of alkyl halides is 1. The van der Waals surface area contributed by atoms with Gasteiger partial charge in [-0.3, -0.25) is 30.1 Å². The Morgan fingerprint density at radius 2 is 1.97 bits per heavy atom. The Morgan fingerprint density at radius 1 is 1.17 bits per heavy atom. The molecule has 5 rings (SSSR count). The molecule has 1 aromatic heterocycles. The number of aromatic nitrogens is 1. The van der Waals surface area contributed by atoms with E-state index in [0.717, 1.165) is 47.7 Å². The molecule has 0 spiro atoms. The van der Waals surface area contributed by atoms with Crippen molar-refractivity contribution in [2.24, 2.45) is 4.99 Å². The van der Waals surface area contributed by atoms with Gasteiger partial charge in [-0.2, -0.15) is 0 Å². The minimum atomic E-state index is -0.302. The summed E-state index contributed by atoms with van der Waals surface area (Å²) < 4.78 is 12.5. The van der Waals surface area contributed by atoms with Gasteiger partial charge in [-0.05, 0) is 54.1 Å². The van der Waals surface area contributed by atoms with Gasteiger partial charge in [0.15, 0.2) is 0 Å². The molecule has 1 saturated heterocycles. The molecule has 8 nitrogen and oxygen atoms in total. The van der Waals surface area contributed by atoms with E-state index in [0.29, 0.717) is 24.0 Å². The lowest BCUT2D eigenvalue weighted by Gasteiger charge is -2.39. The fraction of sp³-hybridized carbons (Fsp3) is 0.222. The van der Waals surface area contributed by atoms with Crippen LogP contribution in [0, 0.1) is 0 Å². The number of allylic oxidation sites excluding steroid dienone is 3. The molecular formula is C27H28FN7O. The summed E-state index contributed by atoms with van der Waals surface area (Å²) in [4.78, 5) is 22.7. The second-order valence-corrected chi connectivity index (χ2v) is 8.78. The summed E-state index contributed by atoms with van der Waals surface area (Å²) in [5.74, 6) is -0.281. The molecule has 0 saturated carbocycles. The van der Waals surface area contributed by atoms with Gasteiger partial charge in [0.2, 0.25) is 5.91 Å². The maximum Gasteiger partial charge on any atom is 0.247 e. The van der Waals surface area contributed by atoms with E-state index < -0.39 is 0 Å². The monoisotopic (exact) mass is 485 g/mol. The Bertz CT molecular complexity index is 1260. The summed E-state index contributed by atoms with van der Waals surface area (Å²) in [7, 11) is 0. The van der Waals surface area contributed by atoms with E-state index in [9.17, 15) is 9.18 Å². The van der Waals surface area contributed by atoms with Crippen molar-refractivity contribution in [1.29, 1.82) is 0 Å². The van der Waals surface area contributed by atoms with E-state index >= 15 is 0 Å². The zero-order chi connectivity index (χ0) is 24.9. The maximum atomic E-state index is 12.5. The number of pyridine rings is 1. The predicted octanol–water partition coefficient (Wildman–Crippen LogP) is 4.20. The number of hydrogen-bond donors (Lipinski definition) is 3. The minimum Gasteiger partial charge on any atom is -0.380 e. The number of benzene rings is 1. The first-order valence-corrected chi connectivity index (χ1v) is 11.9. The molecule has 1 amide bonds. The highest BCUT2D eigenvalue weighted by atomic mass is 19.1. The van der Waals surface area contributed by atoms with Crippen molar-refractivity contribution in [3.05, 3.63) is 90.6 Å². The number of halogens is 1. The summed E-state index contributed by atoms with van der Waals surface area (Å²) in [6.07, 6.45) is 11.4. The average molecular weight is 486 g/mol. The number of amides is 1. The summed E-state index contributed by atoms with van der Waals surface area (Å²) in [6.45, 7) is 5.43. The van der Waals surface area contributed by atoms with Crippen LogP contribution < -0.4 is 16.1 Å². The van der Waals surface area contributed by atoms with Crippen molar-refractivity contribution in [2.45, 2.75) is 12.5 Å². The number of nitrogens with zero attached hydrogens (tertiary/aromatic N) is 4. The number of likely N-dealkylation sites (tertiary alicyclic amines) is 1. The standard InChI is InChI=1S/C27H28FN7O/c1-2-27(36)32-23-8-11-30-25(14-23)26-13-20-15-29-10-7-19(20)16-35(26)33-22-5-3-21(4-6-22)31-24-17-34(18-24)12-9-28/h2-6,8,10-11,13-16,24,31,33H,1,7,9,12,17-18H2,(H,30,32,36). The molecule has 0 bridgehead atoms. The topological polar surface area (TPSA) is 84.9 Å². The first kappa shape index (κ1) is 23.5. The Morgan fingerprint density at radius 3 is 2.75 bits per heavy atom. The van der Waals surface area contributed by atoms with Crippen LogP contribution in [-0.4, -0.2) is 59.4 Å². The molecule has 0 aliphatic carbocycles. The first-order chi connectivity index (χ1) is 17.6. The highest BCUT2D eigenvalue weighted by Gasteiger charge is 2.26. The number of carbonyl (C=O) groups excluding carboxylic acids is 1. The van der Waals surface area contributed by atoms with Gasteiger partial charge in [-0.25, -0.2) is 4.39 Å². The van der Waals surface area contributed by atoms with Crippen molar-refractivity contribution in [2.75, 3.05) is 42.4 Å². The van der Waals surface area contributed by atoms with Gasteiger partial charge in [0.25, 0.3) is 0 Å². The van der Waals surface area contributed by atoms with Gasteiger partial charge in [-0.1, -0.05) is 6.58 Å². The number of hydrogen-bond acceptors (Lipinski definition) is 7. The van der Waals surface area contributed by atoms with Gasteiger partial charge < -0.3 is 10.6 Å². The van der Waals surface area contributed by atoms with Crippen molar-refractivity contribution in [3.8, 4) is 0 Å². The van der Waals surface area contributed by atoms with Gasteiger partial charge in [0, 0.05) is 67.8 Å². The molecule has 1 fully saturated rings. The quantitative estimate of drug-likeness (QED) is 0.462. The molecule has 9 heteroatoms. The second kappa shape index (κ2) is 10.6. The number of aliphatic imine (C=N–C) groups is 1. The van der Waals surface area contributed by atoms with E-state index in [1.165, 1.54) is 6.08 Å². The lowest BCUT2D eigenvalue weighted by Crippen LogP contribution is -2.55. The van der Waals surface area contributed by atoms with Crippen LogP contribution in [0.5, 0.6) is 0 Å². The molecule has 1 aromatic carbocycles. The van der Waals surface area contributed by atoms with E-state index in [4.69, 9.17) is 0 Å². The zero-order valence-electron chi connectivity index (χ0n) is 19.8. The number of carbonyl (C=O) groups is 1. The third-order valence-electron chi connectivity index (χ3n) is 6.18. The van der Waals surface area contributed by atoms with Crippen LogP contribution in [0.15, 0.2) is 89.9 Å². The zero-order valence-corrected chi connectivity index (χ0v) is 19.8. The van der Waals surface area contributed by atoms with E-state index in [1.54, 1.807) is 12.3 Å². The molecular weight excluding hydrogens is 457 g/mol. The van der Waals surface area contributed by atoms with Crippen molar-refractivity contribution in [1.82, 2.24) is 14.9 Å². The highest BCUT2D eigenvalue weighted by molar-refractivity contribution is 5.99. The number of fused-ring (bicyclic) bond motifs is 1. The number of nitrogens with one attached hydrogen (secondary N) is 3. The Balaban J connectivity index is 1.33. The van der Waals surface area contributed by atoms with Crippen LogP contribution in [0.2, 0.25) is 0 Å². The lowest BCUT2D eigenvalue weighted by molar-refractivity contribution is -0.111. The highest BCUT2D eigenvalue weighted by Crippen LogP contribution is 2.33. The van der Waals surface area contributed by atoms with Crippen LogP contribution >= 0.6 is 0 Å². The third kappa shape index (κ3) is 5.36. The maximum absolute atomic E-state index is 12.5. The summed E-state index contributed by atoms with van der Waals surface area (Å²) in [5, 5.41) is 8.22. The second-order valence-electron chi connectivity index (χ2n) is 8.78. The summed E-state index contributed by atoms with van der Waals surface area (Å²) in [6, 6.07) is 12.0. The third-order valence-corrected chi connectivity index (χ3v) is 6.18. The summed E-state index contributed by atoms with van der Waals surface area (Å²) in [5.41, 5.74) is 9.70. The number of rotatable bonds is 9. The Kier molecular flexibility index (Phi) is 6.90. The molecule has 3 N–H and O–H groups in total. The normalized spacial score (nSPS) is 17.2. The number of hydrazine groups is 1. The molecule has 2 aromatic rings. The van der Waals surface area contributed by atoms with Gasteiger partial charge in [0.05, 0.1) is 23.1 Å². The molecule has 36 heavy (non-hydrogen) atoms. The van der Waals surface area contributed by atoms with Crippen LogP contribution in [0.3, 0.4) is 0 Å². The van der Waals surface area contributed by atoms with Crippen molar-refractivity contribution in [3.63, 3.8) is 0 Å². The SMILES string of the molecule is C=CC(=O)Nc1ccnc(C2=CC3=CN=CCC3=CN2Nc2ccc(NC3CN(CCF)C3)cc2)c1. The van der Waals surface area contributed by atoms with Crippen LogP contribution in [-0.2, 0) is 4.79 Å². The fourth-order valence-electron chi connectivity index (χ4n) is 4.29. The Labute approximate surface area is 209 Å².